The maximum absolute atomic E-state index is 12.9. The summed E-state index contributed by atoms with van der Waals surface area (Å²) in [4.78, 5) is 0.566. The maximum Gasteiger partial charge on any atom is 0.417 e. The number of thiophene rings is 1. The minimum absolute atomic E-state index is 0.0360. The van der Waals surface area contributed by atoms with Crippen LogP contribution in [0, 0.1) is 6.92 Å². The Hall–Kier alpha value is -0.0400. The number of rotatable bonds is 2. The SMILES string of the molecule is Cc1cc(C(Br)c2ccc(Br)c(C(F)(F)F)c2)sc1Cl. The van der Waals surface area contributed by atoms with Crippen LogP contribution in [0.5, 0.6) is 0 Å². The second-order valence-electron chi connectivity index (χ2n) is 4.21. The Morgan fingerprint density at radius 2 is 1.90 bits per heavy atom. The molecule has 0 radical (unpaired) electrons. The van der Waals surface area contributed by atoms with Crippen molar-refractivity contribution in [1.82, 2.24) is 0 Å². The Morgan fingerprint density at radius 3 is 2.40 bits per heavy atom. The van der Waals surface area contributed by atoms with E-state index in [-0.39, 0.29) is 9.30 Å². The van der Waals surface area contributed by atoms with Crippen LogP contribution in [0.15, 0.2) is 28.7 Å². The lowest BCUT2D eigenvalue weighted by Crippen LogP contribution is -2.07. The van der Waals surface area contributed by atoms with Gasteiger partial charge in [0.05, 0.1) is 14.7 Å². The topological polar surface area (TPSA) is 0 Å². The van der Waals surface area contributed by atoms with Gasteiger partial charge >= 0.3 is 6.18 Å². The maximum atomic E-state index is 12.9. The summed E-state index contributed by atoms with van der Waals surface area (Å²) in [6, 6.07) is 6.09. The number of benzene rings is 1. The second-order valence-corrected chi connectivity index (χ2v) is 7.66. The van der Waals surface area contributed by atoms with Crippen molar-refractivity contribution in [2.75, 3.05) is 0 Å². The Morgan fingerprint density at radius 1 is 1.25 bits per heavy atom. The highest BCUT2D eigenvalue weighted by Gasteiger charge is 2.33. The smallest absolute Gasteiger partial charge is 0.166 e. The van der Waals surface area contributed by atoms with Crippen LogP contribution in [-0.4, -0.2) is 0 Å². The number of hydrogen-bond donors (Lipinski definition) is 0. The molecule has 0 fully saturated rings. The molecule has 1 aromatic heterocycles. The van der Waals surface area contributed by atoms with Crippen molar-refractivity contribution in [2.24, 2.45) is 0 Å². The van der Waals surface area contributed by atoms with Crippen LogP contribution in [0.1, 0.15) is 26.4 Å². The van der Waals surface area contributed by atoms with Crippen molar-refractivity contribution in [1.29, 1.82) is 0 Å². The van der Waals surface area contributed by atoms with Crippen LogP contribution in [0.25, 0.3) is 0 Å². The van der Waals surface area contributed by atoms with Gasteiger partial charge in [-0.05, 0) is 36.2 Å². The normalized spacial score (nSPS) is 13.6. The summed E-state index contributed by atoms with van der Waals surface area (Å²) in [6.07, 6.45) is -4.38. The highest BCUT2D eigenvalue weighted by Crippen LogP contribution is 2.42. The van der Waals surface area contributed by atoms with E-state index < -0.39 is 11.7 Å². The molecule has 0 aliphatic heterocycles. The summed E-state index contributed by atoms with van der Waals surface area (Å²) in [5.41, 5.74) is 0.779. The molecule has 0 bridgehead atoms. The van der Waals surface area contributed by atoms with Crippen LogP contribution in [-0.2, 0) is 6.18 Å². The van der Waals surface area contributed by atoms with E-state index in [9.17, 15) is 13.2 Å². The molecule has 20 heavy (non-hydrogen) atoms. The fourth-order valence-electron chi connectivity index (χ4n) is 1.69. The van der Waals surface area contributed by atoms with E-state index in [1.54, 1.807) is 6.07 Å². The summed E-state index contributed by atoms with van der Waals surface area (Å²) in [6.45, 7) is 1.87. The van der Waals surface area contributed by atoms with Gasteiger partial charge in [-0.15, -0.1) is 11.3 Å². The third-order valence-electron chi connectivity index (χ3n) is 2.71. The lowest BCUT2D eigenvalue weighted by atomic mass is 10.1. The van der Waals surface area contributed by atoms with Gasteiger partial charge in [-0.25, -0.2) is 0 Å². The number of halogens is 6. The molecular formula is C13H8Br2ClF3S. The zero-order valence-corrected chi connectivity index (χ0v) is 14.8. The van der Waals surface area contributed by atoms with Crippen LogP contribution in [0.3, 0.4) is 0 Å². The van der Waals surface area contributed by atoms with Gasteiger partial charge in [0, 0.05) is 9.35 Å². The Bertz CT molecular complexity index is 618. The van der Waals surface area contributed by atoms with Crippen molar-refractivity contribution < 1.29 is 13.2 Å². The summed E-state index contributed by atoms with van der Waals surface area (Å²) in [5, 5.41) is 0. The van der Waals surface area contributed by atoms with E-state index in [1.807, 2.05) is 13.0 Å². The second kappa shape index (κ2) is 5.99. The molecule has 0 N–H and O–H groups in total. The molecule has 0 saturated heterocycles. The number of hydrogen-bond acceptors (Lipinski definition) is 1. The average molecular weight is 449 g/mol. The molecule has 108 valence electrons. The molecule has 1 heterocycles. The third kappa shape index (κ3) is 3.40. The number of alkyl halides is 4. The average Bonchev–Trinajstić information content (AvgIpc) is 2.68. The van der Waals surface area contributed by atoms with Crippen LogP contribution in [0.4, 0.5) is 13.2 Å². The van der Waals surface area contributed by atoms with Gasteiger partial charge in [0.1, 0.15) is 0 Å². The van der Waals surface area contributed by atoms with Gasteiger partial charge < -0.3 is 0 Å². The first kappa shape index (κ1) is 16.3. The Balaban J connectivity index is 2.43. The molecule has 0 spiro atoms. The van der Waals surface area contributed by atoms with E-state index in [0.29, 0.717) is 9.90 Å². The van der Waals surface area contributed by atoms with Crippen LogP contribution >= 0.6 is 54.8 Å². The molecule has 7 heteroatoms. The van der Waals surface area contributed by atoms with Gasteiger partial charge in [-0.3, -0.25) is 0 Å². The third-order valence-corrected chi connectivity index (χ3v) is 6.35. The highest BCUT2D eigenvalue weighted by atomic mass is 79.9. The molecule has 1 aromatic carbocycles. The van der Waals surface area contributed by atoms with E-state index in [1.165, 1.54) is 17.4 Å². The molecule has 1 atom stereocenters. The van der Waals surface area contributed by atoms with Crippen LogP contribution in [0.2, 0.25) is 4.34 Å². The Kier molecular flexibility index (Phi) is 4.89. The van der Waals surface area contributed by atoms with Gasteiger partial charge in [-0.1, -0.05) is 49.5 Å². The lowest BCUT2D eigenvalue weighted by molar-refractivity contribution is -0.138. The largest absolute Gasteiger partial charge is 0.417 e. The predicted octanol–water partition coefficient (Wildman–Crippen LogP) is 6.98. The first-order valence-electron chi connectivity index (χ1n) is 5.46. The van der Waals surface area contributed by atoms with Crippen LogP contribution < -0.4 is 0 Å². The number of aryl methyl sites for hydroxylation is 1. The molecule has 1 unspecified atom stereocenters. The van der Waals surface area contributed by atoms with E-state index in [0.717, 1.165) is 16.5 Å². The van der Waals surface area contributed by atoms with Crippen molar-refractivity contribution in [3.8, 4) is 0 Å². The first-order chi connectivity index (χ1) is 9.20. The molecule has 0 saturated carbocycles. The fourth-order valence-corrected chi connectivity index (χ4v) is 4.08. The van der Waals surface area contributed by atoms with E-state index >= 15 is 0 Å². The van der Waals surface area contributed by atoms with Crippen molar-refractivity contribution in [3.05, 3.63) is 54.6 Å². The quantitative estimate of drug-likeness (QED) is 0.435. The molecule has 2 rings (SSSR count). The van der Waals surface area contributed by atoms with Crippen molar-refractivity contribution >= 4 is 54.8 Å². The summed E-state index contributed by atoms with van der Waals surface area (Å²) >= 11 is 13.7. The standard InChI is InChI=1S/C13H8Br2ClF3S/c1-6-4-10(20-12(6)16)11(15)7-2-3-9(14)8(5-7)13(17,18)19/h2-5,11H,1H3. The fraction of sp³-hybridized carbons (Fsp3) is 0.231. The molecule has 0 aliphatic carbocycles. The first-order valence-corrected chi connectivity index (χ1v) is 8.37. The van der Waals surface area contributed by atoms with E-state index in [2.05, 4.69) is 31.9 Å². The van der Waals surface area contributed by atoms with Gasteiger partial charge in [-0.2, -0.15) is 13.2 Å². The zero-order chi connectivity index (χ0) is 15.1. The van der Waals surface area contributed by atoms with Gasteiger partial charge in [0.15, 0.2) is 0 Å². The minimum atomic E-state index is -4.38. The molecular weight excluding hydrogens is 440 g/mol. The van der Waals surface area contributed by atoms with E-state index in [4.69, 9.17) is 11.6 Å². The summed E-state index contributed by atoms with van der Waals surface area (Å²) < 4.78 is 39.4. The molecule has 0 aliphatic rings. The monoisotopic (exact) mass is 446 g/mol. The van der Waals surface area contributed by atoms with Crippen molar-refractivity contribution in [3.63, 3.8) is 0 Å². The molecule has 2 aromatic rings. The highest BCUT2D eigenvalue weighted by molar-refractivity contribution is 9.10. The molecule has 0 amide bonds. The Labute approximate surface area is 140 Å². The van der Waals surface area contributed by atoms with Gasteiger partial charge in [0.2, 0.25) is 0 Å². The lowest BCUT2D eigenvalue weighted by Gasteiger charge is -2.14. The summed E-state index contributed by atoms with van der Waals surface area (Å²) in [5.74, 6) is 0. The predicted molar refractivity (Wildman–Crippen MR) is 84.0 cm³/mol. The zero-order valence-electron chi connectivity index (χ0n) is 10.1. The molecule has 0 nitrogen and oxygen atoms in total. The van der Waals surface area contributed by atoms with Crippen molar-refractivity contribution in [2.45, 2.75) is 17.9 Å². The minimum Gasteiger partial charge on any atom is -0.166 e. The summed E-state index contributed by atoms with van der Waals surface area (Å²) in [7, 11) is 0. The van der Waals surface area contributed by atoms with Gasteiger partial charge in [0.25, 0.3) is 0 Å².